The number of hydrogen-bond donors (Lipinski definition) is 0. The second kappa shape index (κ2) is 8.83. The monoisotopic (exact) mass is 436 g/mol. The van der Waals surface area contributed by atoms with Crippen molar-refractivity contribution in [2.45, 2.75) is 19.4 Å². The molecule has 10 heteroatoms. The van der Waals surface area contributed by atoms with Crippen LogP contribution in [0.4, 0.5) is 4.39 Å². The molecule has 0 atom stereocenters. The minimum atomic E-state index is -0.303. The largest absolute Gasteiger partial charge is 0.378 e. The molecule has 0 saturated carbocycles. The first-order chi connectivity index (χ1) is 15.7. The molecule has 1 amide bonds. The Balaban J connectivity index is 1.27. The van der Waals surface area contributed by atoms with Crippen LogP contribution in [0.25, 0.3) is 22.4 Å². The summed E-state index contributed by atoms with van der Waals surface area (Å²) < 4.78 is 25.7. The van der Waals surface area contributed by atoms with E-state index in [2.05, 4.69) is 20.5 Å². The highest BCUT2D eigenvalue weighted by atomic mass is 19.1. The lowest BCUT2D eigenvalue weighted by atomic mass is 10.1. The first-order valence-electron chi connectivity index (χ1n) is 10.4. The van der Waals surface area contributed by atoms with Crippen LogP contribution in [0.3, 0.4) is 0 Å². The minimum absolute atomic E-state index is 0.0891. The molecule has 1 fully saturated rings. The highest BCUT2D eigenvalue weighted by Gasteiger charge is 2.18. The number of rotatable bonds is 6. The summed E-state index contributed by atoms with van der Waals surface area (Å²) in [5, 5.41) is 12.4. The number of morpholine rings is 1. The lowest BCUT2D eigenvalue weighted by Crippen LogP contribution is -2.41. The van der Waals surface area contributed by atoms with Crippen LogP contribution < -0.4 is 0 Å². The molecule has 0 bridgehead atoms. The number of carbonyl (C=O) groups excluding carboxylic acids is 1. The zero-order valence-electron chi connectivity index (χ0n) is 17.3. The molecule has 0 N–H and O–H groups in total. The Bertz CT molecular complexity index is 1250. The van der Waals surface area contributed by atoms with Crippen molar-refractivity contribution in [3.05, 3.63) is 59.7 Å². The van der Waals surface area contributed by atoms with Gasteiger partial charge in [-0.05, 0) is 35.9 Å². The molecular formula is C22H21FN6O3. The van der Waals surface area contributed by atoms with Gasteiger partial charge in [0.1, 0.15) is 11.3 Å². The number of ether oxygens (including phenoxy) is 1. The summed E-state index contributed by atoms with van der Waals surface area (Å²) in [4.78, 5) is 18.6. The summed E-state index contributed by atoms with van der Waals surface area (Å²) in [5.41, 5.74) is 3.00. The van der Waals surface area contributed by atoms with Crippen molar-refractivity contribution in [1.82, 2.24) is 30.0 Å². The molecule has 164 valence electrons. The third-order valence-electron chi connectivity index (χ3n) is 5.39. The highest BCUT2D eigenvalue weighted by molar-refractivity contribution is 5.80. The van der Waals surface area contributed by atoms with Gasteiger partial charge in [-0.1, -0.05) is 22.5 Å². The first kappa shape index (κ1) is 20.3. The topological polar surface area (TPSA) is 99.2 Å². The van der Waals surface area contributed by atoms with Crippen LogP contribution in [0, 0.1) is 5.82 Å². The molecule has 0 aliphatic carbocycles. The first-order valence-corrected chi connectivity index (χ1v) is 10.4. The number of hydrogen-bond acceptors (Lipinski definition) is 7. The van der Waals surface area contributed by atoms with Crippen molar-refractivity contribution in [1.29, 1.82) is 0 Å². The van der Waals surface area contributed by atoms with Gasteiger partial charge in [0.05, 0.1) is 31.7 Å². The van der Waals surface area contributed by atoms with Crippen LogP contribution in [0.5, 0.6) is 0 Å². The summed E-state index contributed by atoms with van der Waals surface area (Å²) >= 11 is 0. The number of carbonyl (C=O) groups is 1. The maximum absolute atomic E-state index is 13.4. The van der Waals surface area contributed by atoms with Crippen molar-refractivity contribution in [3.63, 3.8) is 0 Å². The Morgan fingerprint density at radius 2 is 2.00 bits per heavy atom. The van der Waals surface area contributed by atoms with E-state index in [4.69, 9.17) is 9.26 Å². The summed E-state index contributed by atoms with van der Waals surface area (Å²) in [5.74, 6) is 0.611. The number of benzene rings is 2. The van der Waals surface area contributed by atoms with Gasteiger partial charge in [-0.15, -0.1) is 5.10 Å². The molecule has 1 aliphatic rings. The minimum Gasteiger partial charge on any atom is -0.378 e. The average molecular weight is 436 g/mol. The van der Waals surface area contributed by atoms with Crippen molar-refractivity contribution in [2.75, 3.05) is 26.3 Å². The van der Waals surface area contributed by atoms with Gasteiger partial charge in [-0.25, -0.2) is 9.07 Å². The Morgan fingerprint density at radius 1 is 1.12 bits per heavy atom. The zero-order chi connectivity index (χ0) is 21.9. The highest BCUT2D eigenvalue weighted by Crippen LogP contribution is 2.22. The van der Waals surface area contributed by atoms with Gasteiger partial charge < -0.3 is 14.2 Å². The third-order valence-corrected chi connectivity index (χ3v) is 5.39. The van der Waals surface area contributed by atoms with Crippen molar-refractivity contribution >= 4 is 16.9 Å². The number of nitrogens with zero attached hydrogens (tertiary/aromatic N) is 6. The van der Waals surface area contributed by atoms with Gasteiger partial charge in [0.15, 0.2) is 0 Å². The van der Waals surface area contributed by atoms with E-state index in [1.807, 2.05) is 23.1 Å². The quantitative estimate of drug-likeness (QED) is 0.458. The molecule has 32 heavy (non-hydrogen) atoms. The normalized spacial score (nSPS) is 14.2. The van der Waals surface area contributed by atoms with E-state index >= 15 is 0 Å². The predicted octanol–water partition coefficient (Wildman–Crippen LogP) is 2.46. The molecule has 1 saturated heterocycles. The second-order valence-corrected chi connectivity index (χ2v) is 7.58. The van der Waals surface area contributed by atoms with E-state index in [1.54, 1.807) is 16.8 Å². The molecule has 0 spiro atoms. The standard InChI is InChI=1S/C22H21FN6O3/c23-17-3-1-2-15(12-17)13-20-24-22(26-32-20)16-4-5-19-18(14-16)25-27-29(19)7-6-21(30)28-8-10-31-11-9-28/h1-5,12,14H,6-11,13H2. The Morgan fingerprint density at radius 3 is 2.84 bits per heavy atom. The third kappa shape index (κ3) is 4.35. The van der Waals surface area contributed by atoms with E-state index in [-0.39, 0.29) is 11.7 Å². The van der Waals surface area contributed by atoms with Gasteiger partial charge in [0, 0.05) is 25.1 Å². The van der Waals surface area contributed by atoms with E-state index in [1.165, 1.54) is 12.1 Å². The average Bonchev–Trinajstić information content (AvgIpc) is 3.44. The van der Waals surface area contributed by atoms with Crippen LogP contribution in [0.2, 0.25) is 0 Å². The number of fused-ring (bicyclic) bond motifs is 1. The van der Waals surface area contributed by atoms with Gasteiger partial charge in [0.2, 0.25) is 17.6 Å². The Labute approximate surface area is 182 Å². The van der Waals surface area contributed by atoms with E-state index in [0.29, 0.717) is 62.9 Å². The summed E-state index contributed by atoms with van der Waals surface area (Å²) in [6, 6.07) is 11.9. The summed E-state index contributed by atoms with van der Waals surface area (Å²) in [6.07, 6.45) is 0.703. The predicted molar refractivity (Wildman–Crippen MR) is 112 cm³/mol. The fourth-order valence-electron chi connectivity index (χ4n) is 3.71. The molecule has 1 aliphatic heterocycles. The van der Waals surface area contributed by atoms with Crippen molar-refractivity contribution < 1.29 is 18.4 Å². The van der Waals surface area contributed by atoms with Gasteiger partial charge >= 0.3 is 0 Å². The van der Waals surface area contributed by atoms with Gasteiger partial charge in [0.25, 0.3) is 0 Å². The number of aryl methyl sites for hydroxylation is 1. The van der Waals surface area contributed by atoms with Crippen LogP contribution in [0.15, 0.2) is 47.0 Å². The zero-order valence-corrected chi connectivity index (χ0v) is 17.3. The Kier molecular flexibility index (Phi) is 5.59. The molecular weight excluding hydrogens is 415 g/mol. The fourth-order valence-corrected chi connectivity index (χ4v) is 3.71. The van der Waals surface area contributed by atoms with E-state index < -0.39 is 0 Å². The fraction of sp³-hybridized carbons (Fsp3) is 0.318. The van der Waals surface area contributed by atoms with Crippen LogP contribution in [-0.2, 0) is 22.5 Å². The molecule has 0 unspecified atom stereocenters. The maximum Gasteiger partial charge on any atom is 0.231 e. The molecule has 5 rings (SSSR count). The van der Waals surface area contributed by atoms with Crippen molar-refractivity contribution in [3.8, 4) is 11.4 Å². The molecule has 3 heterocycles. The van der Waals surface area contributed by atoms with E-state index in [0.717, 1.165) is 16.6 Å². The van der Waals surface area contributed by atoms with Crippen LogP contribution in [-0.4, -0.2) is 62.2 Å². The summed E-state index contributed by atoms with van der Waals surface area (Å²) in [7, 11) is 0. The lowest BCUT2D eigenvalue weighted by Gasteiger charge is -2.26. The van der Waals surface area contributed by atoms with Gasteiger partial charge in [-0.2, -0.15) is 4.98 Å². The molecule has 0 radical (unpaired) electrons. The molecule has 9 nitrogen and oxygen atoms in total. The summed E-state index contributed by atoms with van der Waals surface area (Å²) in [6.45, 7) is 2.88. The van der Waals surface area contributed by atoms with Crippen LogP contribution in [0.1, 0.15) is 17.9 Å². The number of aromatic nitrogens is 5. The van der Waals surface area contributed by atoms with Crippen molar-refractivity contribution in [2.24, 2.45) is 0 Å². The number of amides is 1. The number of halogens is 1. The Hall–Kier alpha value is -3.66. The SMILES string of the molecule is O=C(CCn1nnc2cc(-c3noc(Cc4cccc(F)c4)n3)ccc21)N1CCOCC1. The molecule has 2 aromatic carbocycles. The molecule has 4 aromatic rings. The lowest BCUT2D eigenvalue weighted by molar-refractivity contribution is -0.135. The van der Waals surface area contributed by atoms with E-state index in [9.17, 15) is 9.18 Å². The molecule has 2 aromatic heterocycles. The van der Waals surface area contributed by atoms with Crippen LogP contribution >= 0.6 is 0 Å². The second-order valence-electron chi connectivity index (χ2n) is 7.58. The smallest absolute Gasteiger partial charge is 0.231 e. The maximum atomic E-state index is 13.4. The van der Waals surface area contributed by atoms with Gasteiger partial charge in [-0.3, -0.25) is 4.79 Å².